The molecule has 0 spiro atoms. The summed E-state index contributed by atoms with van der Waals surface area (Å²) in [5.74, 6) is 0.130. The standard InChI is InChI=1S/C14H14N2OS/c15-12-5-1-4-11-10(12)3-2-6-13(11)16-8-9(18)7-14(16)17/h1-6,9,18H,7-8,15H2. The quantitative estimate of drug-likeness (QED) is 0.609. The molecule has 3 rings (SSSR count). The first-order valence-electron chi connectivity index (χ1n) is 5.92. The molecule has 0 radical (unpaired) electrons. The molecule has 3 nitrogen and oxygen atoms in total. The molecule has 0 aliphatic carbocycles. The zero-order valence-electron chi connectivity index (χ0n) is 9.84. The zero-order valence-corrected chi connectivity index (χ0v) is 10.7. The van der Waals surface area contributed by atoms with Crippen LogP contribution < -0.4 is 10.6 Å². The predicted molar refractivity (Wildman–Crippen MR) is 78.1 cm³/mol. The number of nitrogen functional groups attached to an aromatic ring is 1. The molecular weight excluding hydrogens is 244 g/mol. The van der Waals surface area contributed by atoms with Crippen LogP contribution in [-0.2, 0) is 4.79 Å². The summed E-state index contributed by atoms with van der Waals surface area (Å²) in [5.41, 5.74) is 7.64. The lowest BCUT2D eigenvalue weighted by molar-refractivity contribution is -0.117. The first kappa shape index (κ1) is 11.4. The molecule has 92 valence electrons. The van der Waals surface area contributed by atoms with Crippen molar-refractivity contribution in [3.63, 3.8) is 0 Å². The molecule has 0 bridgehead atoms. The third-order valence-corrected chi connectivity index (χ3v) is 3.67. The first-order chi connectivity index (χ1) is 8.66. The molecule has 2 N–H and O–H groups in total. The lowest BCUT2D eigenvalue weighted by atomic mass is 10.1. The molecule has 1 atom stereocenters. The third kappa shape index (κ3) is 1.73. The minimum atomic E-state index is 0.119. The van der Waals surface area contributed by atoms with Gasteiger partial charge in [0.1, 0.15) is 0 Å². The van der Waals surface area contributed by atoms with Crippen molar-refractivity contribution in [2.45, 2.75) is 11.7 Å². The van der Waals surface area contributed by atoms with E-state index in [2.05, 4.69) is 12.6 Å². The van der Waals surface area contributed by atoms with Crippen molar-refractivity contribution in [2.75, 3.05) is 17.2 Å². The normalized spacial score (nSPS) is 19.7. The second-order valence-corrected chi connectivity index (χ2v) is 5.31. The number of thiol groups is 1. The highest BCUT2D eigenvalue weighted by Gasteiger charge is 2.29. The van der Waals surface area contributed by atoms with Gasteiger partial charge in [-0.25, -0.2) is 0 Å². The second-order valence-electron chi connectivity index (χ2n) is 4.58. The third-order valence-electron chi connectivity index (χ3n) is 3.33. The highest BCUT2D eigenvalue weighted by molar-refractivity contribution is 7.81. The van der Waals surface area contributed by atoms with Crippen LogP contribution in [0, 0.1) is 0 Å². The molecule has 1 unspecified atom stereocenters. The van der Waals surface area contributed by atoms with Crippen LogP contribution in [0.4, 0.5) is 11.4 Å². The van der Waals surface area contributed by atoms with Gasteiger partial charge < -0.3 is 10.6 Å². The zero-order chi connectivity index (χ0) is 12.7. The van der Waals surface area contributed by atoms with E-state index in [4.69, 9.17) is 5.73 Å². The number of nitrogens with zero attached hydrogens (tertiary/aromatic N) is 1. The van der Waals surface area contributed by atoms with Gasteiger partial charge in [-0.05, 0) is 12.1 Å². The molecule has 1 amide bonds. The molecule has 1 aliphatic heterocycles. The van der Waals surface area contributed by atoms with E-state index in [0.717, 1.165) is 22.1 Å². The summed E-state index contributed by atoms with van der Waals surface area (Å²) in [5, 5.41) is 2.13. The Morgan fingerprint density at radius 3 is 2.61 bits per heavy atom. The van der Waals surface area contributed by atoms with E-state index in [0.29, 0.717) is 13.0 Å². The molecule has 1 fully saturated rings. The summed E-state index contributed by atoms with van der Waals surface area (Å²) in [6.45, 7) is 0.663. The van der Waals surface area contributed by atoms with Crippen LogP contribution in [0.25, 0.3) is 10.8 Å². The molecule has 4 heteroatoms. The van der Waals surface area contributed by atoms with Crippen LogP contribution in [-0.4, -0.2) is 17.7 Å². The van der Waals surface area contributed by atoms with Crippen molar-refractivity contribution in [1.82, 2.24) is 0 Å². The van der Waals surface area contributed by atoms with Crippen molar-refractivity contribution in [3.8, 4) is 0 Å². The van der Waals surface area contributed by atoms with Gasteiger partial charge in [0.05, 0.1) is 5.69 Å². The van der Waals surface area contributed by atoms with Crippen LogP contribution in [0.1, 0.15) is 6.42 Å². The molecule has 1 saturated heterocycles. The Bertz CT molecular complexity index is 626. The molecule has 0 saturated carbocycles. The summed E-state index contributed by atoms with van der Waals surface area (Å²) in [4.78, 5) is 13.8. The van der Waals surface area contributed by atoms with E-state index in [1.165, 1.54) is 0 Å². The lowest BCUT2D eigenvalue weighted by Crippen LogP contribution is -2.24. The molecular formula is C14H14N2OS. The fourth-order valence-electron chi connectivity index (χ4n) is 2.47. The van der Waals surface area contributed by atoms with Crippen molar-refractivity contribution in [3.05, 3.63) is 36.4 Å². The molecule has 0 aromatic heterocycles. The lowest BCUT2D eigenvalue weighted by Gasteiger charge is -2.18. The number of nitrogens with two attached hydrogens (primary N) is 1. The van der Waals surface area contributed by atoms with E-state index in [1.54, 1.807) is 4.90 Å². The van der Waals surface area contributed by atoms with Crippen molar-refractivity contribution >= 4 is 40.7 Å². The highest BCUT2D eigenvalue weighted by atomic mass is 32.1. The van der Waals surface area contributed by atoms with Gasteiger partial charge in [0.25, 0.3) is 0 Å². The number of rotatable bonds is 1. The smallest absolute Gasteiger partial charge is 0.228 e. The first-order valence-corrected chi connectivity index (χ1v) is 6.44. The van der Waals surface area contributed by atoms with Gasteiger partial charge in [0, 0.05) is 34.7 Å². The number of fused-ring (bicyclic) bond motifs is 1. The Morgan fingerprint density at radius 2 is 1.89 bits per heavy atom. The number of benzene rings is 2. The molecule has 2 aromatic rings. The Kier molecular flexibility index (Phi) is 2.67. The van der Waals surface area contributed by atoms with Gasteiger partial charge in [0.2, 0.25) is 5.91 Å². The van der Waals surface area contributed by atoms with E-state index in [9.17, 15) is 4.79 Å². The predicted octanol–water partition coefficient (Wildman–Crippen LogP) is 2.46. The monoisotopic (exact) mass is 258 g/mol. The Hall–Kier alpha value is -1.68. The summed E-state index contributed by atoms with van der Waals surface area (Å²) in [6.07, 6.45) is 0.502. The van der Waals surface area contributed by atoms with Crippen molar-refractivity contribution < 1.29 is 4.79 Å². The average molecular weight is 258 g/mol. The van der Waals surface area contributed by atoms with E-state index >= 15 is 0 Å². The van der Waals surface area contributed by atoms with Gasteiger partial charge >= 0.3 is 0 Å². The summed E-state index contributed by atoms with van der Waals surface area (Å²) >= 11 is 4.39. The number of anilines is 2. The number of hydrogen-bond donors (Lipinski definition) is 2. The summed E-state index contributed by atoms with van der Waals surface area (Å²) in [7, 11) is 0. The molecule has 2 aromatic carbocycles. The maximum atomic E-state index is 12.0. The van der Waals surface area contributed by atoms with Crippen LogP contribution in [0.3, 0.4) is 0 Å². The molecule has 1 heterocycles. The number of carbonyl (C=O) groups is 1. The molecule has 18 heavy (non-hydrogen) atoms. The van der Waals surface area contributed by atoms with Gasteiger partial charge in [-0.1, -0.05) is 24.3 Å². The van der Waals surface area contributed by atoms with Crippen molar-refractivity contribution in [2.24, 2.45) is 0 Å². The van der Waals surface area contributed by atoms with E-state index in [1.807, 2.05) is 36.4 Å². The highest BCUT2D eigenvalue weighted by Crippen LogP contribution is 2.33. The summed E-state index contributed by atoms with van der Waals surface area (Å²) in [6, 6.07) is 11.7. The SMILES string of the molecule is Nc1cccc2c(N3CC(S)CC3=O)cccc12. The topological polar surface area (TPSA) is 46.3 Å². The minimum absolute atomic E-state index is 0.119. The van der Waals surface area contributed by atoms with E-state index in [-0.39, 0.29) is 11.2 Å². The van der Waals surface area contributed by atoms with Crippen LogP contribution in [0.5, 0.6) is 0 Å². The van der Waals surface area contributed by atoms with Gasteiger partial charge in [0.15, 0.2) is 0 Å². The second kappa shape index (κ2) is 4.21. The Labute approximate surface area is 111 Å². The maximum Gasteiger partial charge on any atom is 0.228 e. The van der Waals surface area contributed by atoms with Gasteiger partial charge in [-0.3, -0.25) is 4.79 Å². The van der Waals surface area contributed by atoms with Gasteiger partial charge in [-0.2, -0.15) is 12.6 Å². The summed E-state index contributed by atoms with van der Waals surface area (Å²) < 4.78 is 0. The fraction of sp³-hybridized carbons (Fsp3) is 0.214. The molecule has 1 aliphatic rings. The average Bonchev–Trinajstić information content (AvgIpc) is 2.68. The number of hydrogen-bond acceptors (Lipinski definition) is 3. The van der Waals surface area contributed by atoms with E-state index < -0.39 is 0 Å². The largest absolute Gasteiger partial charge is 0.398 e. The number of carbonyl (C=O) groups excluding carboxylic acids is 1. The fourth-order valence-corrected chi connectivity index (χ4v) is 2.79. The Balaban J connectivity index is 2.18. The van der Waals surface area contributed by atoms with Crippen molar-refractivity contribution in [1.29, 1.82) is 0 Å². The van der Waals surface area contributed by atoms with Crippen LogP contribution >= 0.6 is 12.6 Å². The van der Waals surface area contributed by atoms with Crippen LogP contribution in [0.15, 0.2) is 36.4 Å². The minimum Gasteiger partial charge on any atom is -0.398 e. The van der Waals surface area contributed by atoms with Gasteiger partial charge in [-0.15, -0.1) is 0 Å². The Morgan fingerprint density at radius 1 is 1.17 bits per heavy atom. The van der Waals surface area contributed by atoms with Crippen LogP contribution in [0.2, 0.25) is 0 Å². The maximum absolute atomic E-state index is 12.0. The number of amides is 1.